The maximum Gasteiger partial charge on any atom is 0.124 e. The zero-order valence-electron chi connectivity index (χ0n) is 10.1. The molecule has 2 heteroatoms. The molecule has 15 heavy (non-hydrogen) atoms. The minimum absolute atomic E-state index is 0.0771. The molecule has 1 atom stereocenters. The van der Waals surface area contributed by atoms with Gasteiger partial charge in [0.25, 0.3) is 0 Å². The molecule has 0 N–H and O–H groups in total. The molecule has 1 aromatic carbocycles. The lowest BCUT2D eigenvalue weighted by Gasteiger charge is -2.17. The molecule has 0 aliphatic rings. The van der Waals surface area contributed by atoms with Crippen LogP contribution in [0.25, 0.3) is 0 Å². The summed E-state index contributed by atoms with van der Waals surface area (Å²) in [7, 11) is 1.70. The number of hydrogen-bond donors (Lipinski definition) is 0. The third kappa shape index (κ3) is 2.66. The smallest absolute Gasteiger partial charge is 0.124 e. The van der Waals surface area contributed by atoms with Gasteiger partial charge in [-0.05, 0) is 36.5 Å². The van der Waals surface area contributed by atoms with Crippen molar-refractivity contribution in [2.75, 3.05) is 7.11 Å². The topological polar surface area (TPSA) is 9.23 Å². The van der Waals surface area contributed by atoms with Crippen molar-refractivity contribution in [3.05, 3.63) is 28.8 Å². The van der Waals surface area contributed by atoms with Gasteiger partial charge in [0.15, 0.2) is 0 Å². The molecule has 0 spiro atoms. The van der Waals surface area contributed by atoms with Gasteiger partial charge in [-0.15, -0.1) is 11.6 Å². The third-order valence-corrected chi connectivity index (χ3v) is 3.35. The Morgan fingerprint density at radius 2 is 1.60 bits per heavy atom. The van der Waals surface area contributed by atoms with Gasteiger partial charge in [0.05, 0.1) is 12.5 Å². The van der Waals surface area contributed by atoms with E-state index >= 15 is 0 Å². The number of ether oxygens (including phenoxy) is 1. The molecule has 0 aliphatic heterocycles. The molecule has 1 nitrogen and oxygen atoms in total. The average Bonchev–Trinajstić information content (AvgIpc) is 2.15. The van der Waals surface area contributed by atoms with Crippen LogP contribution in [0.1, 0.15) is 35.9 Å². The monoisotopic (exact) mass is 226 g/mol. The van der Waals surface area contributed by atoms with Gasteiger partial charge in [-0.25, -0.2) is 0 Å². The first kappa shape index (κ1) is 12.4. The Balaban J connectivity index is 3.14. The second-order valence-electron chi connectivity index (χ2n) is 4.33. The average molecular weight is 227 g/mol. The highest BCUT2D eigenvalue weighted by Crippen LogP contribution is 2.33. The summed E-state index contributed by atoms with van der Waals surface area (Å²) in [6, 6.07) is 4.23. The minimum atomic E-state index is 0.0771. The summed E-state index contributed by atoms with van der Waals surface area (Å²) in [6.07, 6.45) is 0. The number of alkyl halides is 1. The van der Waals surface area contributed by atoms with Crippen LogP contribution in [-0.4, -0.2) is 7.11 Å². The molecule has 0 heterocycles. The molecule has 1 unspecified atom stereocenters. The van der Waals surface area contributed by atoms with Crippen LogP contribution in [0.15, 0.2) is 12.1 Å². The van der Waals surface area contributed by atoms with E-state index in [0.717, 1.165) is 16.9 Å². The summed E-state index contributed by atoms with van der Waals surface area (Å²) >= 11 is 6.34. The fraction of sp³-hybridized carbons (Fsp3) is 0.538. The molecule has 0 aliphatic carbocycles. The highest BCUT2D eigenvalue weighted by Gasteiger charge is 2.15. The Morgan fingerprint density at radius 1 is 1.13 bits per heavy atom. The lowest BCUT2D eigenvalue weighted by atomic mass is 9.98. The summed E-state index contributed by atoms with van der Waals surface area (Å²) < 4.78 is 5.33. The fourth-order valence-corrected chi connectivity index (χ4v) is 1.98. The Hall–Kier alpha value is -0.690. The molecule has 0 fully saturated rings. The van der Waals surface area contributed by atoms with Crippen LogP contribution in [0, 0.1) is 19.8 Å². The highest BCUT2D eigenvalue weighted by atomic mass is 35.5. The van der Waals surface area contributed by atoms with Gasteiger partial charge < -0.3 is 4.74 Å². The van der Waals surface area contributed by atoms with E-state index in [1.807, 2.05) is 0 Å². The molecular weight excluding hydrogens is 208 g/mol. The fourth-order valence-electron chi connectivity index (χ4n) is 1.85. The molecule has 0 amide bonds. The number of halogens is 1. The normalized spacial score (nSPS) is 13.0. The lowest BCUT2D eigenvalue weighted by molar-refractivity contribution is 0.408. The molecule has 0 radical (unpaired) electrons. The van der Waals surface area contributed by atoms with Crippen molar-refractivity contribution in [2.24, 2.45) is 5.92 Å². The molecule has 0 aromatic heterocycles. The predicted octanol–water partition coefficient (Wildman–Crippen LogP) is 4.25. The quantitative estimate of drug-likeness (QED) is 0.701. The minimum Gasteiger partial charge on any atom is -0.496 e. The summed E-state index contributed by atoms with van der Waals surface area (Å²) in [4.78, 5) is 0. The van der Waals surface area contributed by atoms with Gasteiger partial charge in [0.1, 0.15) is 5.75 Å². The van der Waals surface area contributed by atoms with Gasteiger partial charge in [-0.3, -0.25) is 0 Å². The summed E-state index contributed by atoms with van der Waals surface area (Å²) in [6.45, 7) is 8.37. The first-order chi connectivity index (χ1) is 6.97. The SMILES string of the molecule is COc1c(C)cc(C(Cl)C(C)C)cc1C. The van der Waals surface area contributed by atoms with Crippen LogP contribution in [-0.2, 0) is 0 Å². The van der Waals surface area contributed by atoms with Gasteiger partial charge >= 0.3 is 0 Å². The number of rotatable bonds is 3. The molecule has 0 bridgehead atoms. The van der Waals surface area contributed by atoms with Gasteiger partial charge in [0.2, 0.25) is 0 Å². The molecule has 0 saturated heterocycles. The van der Waals surface area contributed by atoms with E-state index in [-0.39, 0.29) is 5.38 Å². The maximum atomic E-state index is 6.34. The standard InChI is InChI=1S/C13H19ClO/c1-8(2)12(14)11-6-9(3)13(15-5)10(4)7-11/h6-8,12H,1-5H3. The highest BCUT2D eigenvalue weighted by molar-refractivity contribution is 6.21. The Kier molecular flexibility index (Phi) is 4.04. The number of methoxy groups -OCH3 is 1. The molecular formula is C13H19ClO. The van der Waals surface area contributed by atoms with Crippen LogP contribution in [0.2, 0.25) is 0 Å². The summed E-state index contributed by atoms with van der Waals surface area (Å²) in [5.74, 6) is 1.41. The van der Waals surface area contributed by atoms with Crippen molar-refractivity contribution in [2.45, 2.75) is 33.1 Å². The molecule has 0 saturated carbocycles. The van der Waals surface area contributed by atoms with E-state index in [9.17, 15) is 0 Å². The number of hydrogen-bond acceptors (Lipinski definition) is 1. The van der Waals surface area contributed by atoms with E-state index in [1.54, 1.807) is 7.11 Å². The van der Waals surface area contributed by atoms with Crippen molar-refractivity contribution in [1.29, 1.82) is 0 Å². The number of aryl methyl sites for hydroxylation is 2. The summed E-state index contributed by atoms with van der Waals surface area (Å²) in [5.41, 5.74) is 3.49. The third-order valence-electron chi connectivity index (χ3n) is 2.59. The van der Waals surface area contributed by atoms with Gasteiger partial charge in [-0.1, -0.05) is 26.0 Å². The second-order valence-corrected chi connectivity index (χ2v) is 4.80. The first-order valence-electron chi connectivity index (χ1n) is 5.26. The largest absolute Gasteiger partial charge is 0.496 e. The zero-order valence-corrected chi connectivity index (χ0v) is 10.9. The van der Waals surface area contributed by atoms with Crippen LogP contribution in [0.3, 0.4) is 0 Å². The zero-order chi connectivity index (χ0) is 11.6. The van der Waals surface area contributed by atoms with E-state index in [1.165, 1.54) is 5.56 Å². The Labute approximate surface area is 97.4 Å². The Morgan fingerprint density at radius 3 is 1.93 bits per heavy atom. The first-order valence-corrected chi connectivity index (χ1v) is 5.70. The van der Waals surface area contributed by atoms with E-state index in [0.29, 0.717) is 5.92 Å². The Bertz CT molecular complexity index is 321. The van der Waals surface area contributed by atoms with Crippen LogP contribution >= 0.6 is 11.6 Å². The summed E-state index contributed by atoms with van der Waals surface area (Å²) in [5, 5.41) is 0.0771. The van der Waals surface area contributed by atoms with Crippen molar-refractivity contribution in [3.8, 4) is 5.75 Å². The van der Waals surface area contributed by atoms with Gasteiger partial charge in [-0.2, -0.15) is 0 Å². The van der Waals surface area contributed by atoms with Crippen LogP contribution in [0.4, 0.5) is 0 Å². The van der Waals surface area contributed by atoms with E-state index < -0.39 is 0 Å². The van der Waals surface area contributed by atoms with Crippen LogP contribution < -0.4 is 4.74 Å². The van der Waals surface area contributed by atoms with Crippen LogP contribution in [0.5, 0.6) is 5.75 Å². The van der Waals surface area contributed by atoms with E-state index in [2.05, 4.69) is 39.8 Å². The van der Waals surface area contributed by atoms with Crippen molar-refractivity contribution in [3.63, 3.8) is 0 Å². The van der Waals surface area contributed by atoms with Crippen molar-refractivity contribution >= 4 is 11.6 Å². The maximum absolute atomic E-state index is 6.34. The molecule has 1 aromatic rings. The lowest BCUT2D eigenvalue weighted by Crippen LogP contribution is -2.01. The number of benzene rings is 1. The van der Waals surface area contributed by atoms with Gasteiger partial charge in [0, 0.05) is 0 Å². The predicted molar refractivity (Wildman–Crippen MR) is 65.9 cm³/mol. The molecule has 84 valence electrons. The van der Waals surface area contributed by atoms with Crippen molar-refractivity contribution < 1.29 is 4.74 Å². The second kappa shape index (κ2) is 4.89. The van der Waals surface area contributed by atoms with E-state index in [4.69, 9.17) is 16.3 Å². The van der Waals surface area contributed by atoms with Crippen molar-refractivity contribution in [1.82, 2.24) is 0 Å². The molecule has 1 rings (SSSR count).